The van der Waals surface area contributed by atoms with Gasteiger partial charge in [0, 0.05) is 38.0 Å². The van der Waals surface area contributed by atoms with Crippen molar-refractivity contribution in [2.24, 2.45) is 7.05 Å². The molecule has 1 aliphatic rings. The van der Waals surface area contributed by atoms with Gasteiger partial charge in [0.2, 0.25) is 5.88 Å². The number of aromatic nitrogens is 1. The molecule has 7 nitrogen and oxygen atoms in total. The number of methoxy groups -OCH3 is 1. The van der Waals surface area contributed by atoms with Gasteiger partial charge in [0.1, 0.15) is 17.1 Å². The second kappa shape index (κ2) is 7.75. The minimum atomic E-state index is -0.331. The molecule has 0 radical (unpaired) electrons. The van der Waals surface area contributed by atoms with Gasteiger partial charge in [-0.3, -0.25) is 9.59 Å². The highest BCUT2D eigenvalue weighted by atomic mass is 16.5. The Balaban J connectivity index is 1.76. The molecule has 7 heteroatoms. The molecule has 0 saturated carbocycles. The number of benzene rings is 2. The third-order valence-electron chi connectivity index (χ3n) is 6.29. The van der Waals surface area contributed by atoms with Crippen molar-refractivity contribution < 1.29 is 14.3 Å². The predicted octanol–water partition coefficient (Wildman–Crippen LogP) is 3.55. The minimum absolute atomic E-state index is 0.0144. The Hall–Kier alpha value is -3.74. The Morgan fingerprint density at radius 2 is 1.78 bits per heavy atom. The fraction of sp³-hybridized carbons (Fsp3) is 0.280. The molecule has 2 aromatic carbocycles. The zero-order valence-corrected chi connectivity index (χ0v) is 18.1. The maximum Gasteiger partial charge on any atom is 0.258 e. The first-order chi connectivity index (χ1) is 15.5. The molecule has 0 bridgehead atoms. The summed E-state index contributed by atoms with van der Waals surface area (Å²) in [5, 5.41) is 12.0. The van der Waals surface area contributed by atoms with Crippen molar-refractivity contribution in [1.29, 1.82) is 0 Å². The van der Waals surface area contributed by atoms with E-state index in [9.17, 15) is 14.7 Å². The Morgan fingerprint density at radius 1 is 1.03 bits per heavy atom. The molecule has 3 heterocycles. The number of nitrogens with zero attached hydrogens (tertiary/aromatic N) is 2. The SMILES string of the molecule is COc1ccc2c(=O)c(Cc3c(O)c4ccccc4n(C)c3=O)c(N3CCCC3)oc2c1. The smallest absolute Gasteiger partial charge is 0.258 e. The summed E-state index contributed by atoms with van der Waals surface area (Å²) in [6, 6.07) is 12.3. The molecular formula is C25H24N2O5. The van der Waals surface area contributed by atoms with Crippen molar-refractivity contribution in [3.8, 4) is 11.5 Å². The van der Waals surface area contributed by atoms with Gasteiger partial charge in [0.05, 0.1) is 29.1 Å². The van der Waals surface area contributed by atoms with Crippen molar-refractivity contribution in [2.75, 3.05) is 25.1 Å². The summed E-state index contributed by atoms with van der Waals surface area (Å²) in [5.74, 6) is 0.968. The number of ether oxygens (including phenoxy) is 1. The monoisotopic (exact) mass is 432 g/mol. The number of anilines is 1. The van der Waals surface area contributed by atoms with Crippen LogP contribution < -0.4 is 20.6 Å². The maximum absolute atomic E-state index is 13.6. The topological polar surface area (TPSA) is 84.9 Å². The number of para-hydroxylation sites is 1. The molecule has 5 rings (SSSR count). The fourth-order valence-electron chi connectivity index (χ4n) is 4.54. The van der Waals surface area contributed by atoms with Crippen LogP contribution in [0.2, 0.25) is 0 Å². The first kappa shape index (κ1) is 20.2. The molecule has 32 heavy (non-hydrogen) atoms. The number of hydrogen-bond acceptors (Lipinski definition) is 6. The van der Waals surface area contributed by atoms with Gasteiger partial charge in [-0.15, -0.1) is 0 Å². The standard InChI is InChI=1S/C25H24N2O5/c1-26-20-8-4-3-7-16(20)22(28)18(24(26)30)14-19-23(29)17-10-9-15(31-2)13-21(17)32-25(19)27-11-5-6-12-27/h3-4,7-10,13,28H,5-6,11-12,14H2,1-2H3. The van der Waals surface area contributed by atoms with E-state index in [0.29, 0.717) is 39.1 Å². The molecule has 2 aromatic heterocycles. The summed E-state index contributed by atoms with van der Waals surface area (Å²) in [6.45, 7) is 1.54. The van der Waals surface area contributed by atoms with Crippen LogP contribution in [0.25, 0.3) is 21.9 Å². The summed E-state index contributed by atoms with van der Waals surface area (Å²) in [5.41, 5.74) is 1.11. The van der Waals surface area contributed by atoms with Crippen LogP contribution in [0, 0.1) is 0 Å². The summed E-state index contributed by atoms with van der Waals surface area (Å²) >= 11 is 0. The fourth-order valence-corrected chi connectivity index (χ4v) is 4.54. The van der Waals surface area contributed by atoms with E-state index in [1.165, 1.54) is 4.57 Å². The number of pyridine rings is 1. The summed E-state index contributed by atoms with van der Waals surface area (Å²) < 4.78 is 13.0. The molecule has 1 fully saturated rings. The first-order valence-electron chi connectivity index (χ1n) is 10.7. The number of aromatic hydroxyl groups is 1. The Kier molecular flexibility index (Phi) is 4.89. The Bertz CT molecular complexity index is 1460. The molecule has 0 spiro atoms. The van der Waals surface area contributed by atoms with E-state index in [1.807, 2.05) is 17.0 Å². The van der Waals surface area contributed by atoms with Gasteiger partial charge < -0.3 is 23.7 Å². The summed E-state index contributed by atoms with van der Waals surface area (Å²) in [7, 11) is 3.23. The highest BCUT2D eigenvalue weighted by Gasteiger charge is 2.25. The second-order valence-corrected chi connectivity index (χ2v) is 8.16. The molecule has 0 atom stereocenters. The number of hydrogen-bond donors (Lipinski definition) is 1. The highest BCUT2D eigenvalue weighted by molar-refractivity contribution is 5.87. The first-order valence-corrected chi connectivity index (χ1v) is 10.7. The second-order valence-electron chi connectivity index (χ2n) is 8.16. The number of rotatable bonds is 4. The van der Waals surface area contributed by atoms with Crippen LogP contribution >= 0.6 is 0 Å². The van der Waals surface area contributed by atoms with E-state index >= 15 is 0 Å². The van der Waals surface area contributed by atoms with E-state index in [1.54, 1.807) is 44.5 Å². The van der Waals surface area contributed by atoms with Crippen LogP contribution in [0.15, 0.2) is 56.5 Å². The average Bonchev–Trinajstić information content (AvgIpc) is 3.36. The third-order valence-corrected chi connectivity index (χ3v) is 6.29. The minimum Gasteiger partial charge on any atom is -0.507 e. The van der Waals surface area contributed by atoms with Crippen molar-refractivity contribution in [3.05, 3.63) is 74.2 Å². The summed E-state index contributed by atoms with van der Waals surface area (Å²) in [6.07, 6.45) is 1.99. The normalized spacial score (nSPS) is 13.9. The zero-order valence-electron chi connectivity index (χ0n) is 18.1. The Labute approximate surface area is 184 Å². The molecule has 0 aliphatic carbocycles. The predicted molar refractivity (Wildman–Crippen MR) is 124 cm³/mol. The van der Waals surface area contributed by atoms with Gasteiger partial charge in [-0.25, -0.2) is 0 Å². The van der Waals surface area contributed by atoms with Crippen LogP contribution in [-0.2, 0) is 13.5 Å². The van der Waals surface area contributed by atoms with Gasteiger partial charge >= 0.3 is 0 Å². The van der Waals surface area contributed by atoms with E-state index in [0.717, 1.165) is 25.9 Å². The molecule has 1 saturated heterocycles. The van der Waals surface area contributed by atoms with Gasteiger partial charge in [-0.2, -0.15) is 0 Å². The third kappa shape index (κ3) is 3.12. The van der Waals surface area contributed by atoms with Crippen LogP contribution in [-0.4, -0.2) is 29.9 Å². The quantitative estimate of drug-likeness (QED) is 0.531. The average molecular weight is 432 g/mol. The maximum atomic E-state index is 13.6. The Morgan fingerprint density at radius 3 is 2.53 bits per heavy atom. The van der Waals surface area contributed by atoms with Crippen LogP contribution in [0.3, 0.4) is 0 Å². The van der Waals surface area contributed by atoms with Crippen molar-refractivity contribution >= 4 is 27.8 Å². The molecule has 0 unspecified atom stereocenters. The van der Waals surface area contributed by atoms with E-state index in [4.69, 9.17) is 9.15 Å². The van der Waals surface area contributed by atoms with Gasteiger partial charge in [-0.1, -0.05) is 12.1 Å². The van der Waals surface area contributed by atoms with Crippen LogP contribution in [0.5, 0.6) is 11.5 Å². The highest BCUT2D eigenvalue weighted by Crippen LogP contribution is 2.32. The molecule has 1 aliphatic heterocycles. The van der Waals surface area contributed by atoms with E-state index in [2.05, 4.69) is 0 Å². The van der Waals surface area contributed by atoms with Gasteiger partial charge in [-0.05, 0) is 37.1 Å². The molecule has 164 valence electrons. The van der Waals surface area contributed by atoms with Crippen LogP contribution in [0.4, 0.5) is 5.88 Å². The summed E-state index contributed by atoms with van der Waals surface area (Å²) in [4.78, 5) is 28.7. The molecule has 1 N–H and O–H groups in total. The largest absolute Gasteiger partial charge is 0.507 e. The lowest BCUT2D eigenvalue weighted by molar-refractivity contribution is 0.414. The number of fused-ring (bicyclic) bond motifs is 2. The van der Waals surface area contributed by atoms with Crippen molar-refractivity contribution in [2.45, 2.75) is 19.3 Å². The number of aryl methyl sites for hydroxylation is 1. The van der Waals surface area contributed by atoms with Crippen molar-refractivity contribution in [3.63, 3.8) is 0 Å². The zero-order chi connectivity index (χ0) is 22.4. The molecular weight excluding hydrogens is 408 g/mol. The van der Waals surface area contributed by atoms with Gasteiger partial charge in [0.25, 0.3) is 5.56 Å². The van der Waals surface area contributed by atoms with E-state index in [-0.39, 0.29) is 28.7 Å². The van der Waals surface area contributed by atoms with E-state index < -0.39 is 0 Å². The lowest BCUT2D eigenvalue weighted by Crippen LogP contribution is -2.27. The van der Waals surface area contributed by atoms with Crippen molar-refractivity contribution in [1.82, 2.24) is 4.57 Å². The van der Waals surface area contributed by atoms with Crippen LogP contribution in [0.1, 0.15) is 24.0 Å². The lowest BCUT2D eigenvalue weighted by Gasteiger charge is -2.20. The molecule has 0 amide bonds. The molecule has 4 aromatic rings. The lowest BCUT2D eigenvalue weighted by atomic mass is 10.0. The van der Waals surface area contributed by atoms with Gasteiger partial charge in [0.15, 0.2) is 5.43 Å².